The van der Waals surface area contributed by atoms with Crippen LogP contribution >= 0.6 is 0 Å². The predicted molar refractivity (Wildman–Crippen MR) is 71.7 cm³/mol. The topological polar surface area (TPSA) is 78.9 Å². The lowest BCUT2D eigenvalue weighted by atomic mass is 9.87. The van der Waals surface area contributed by atoms with Crippen molar-refractivity contribution in [2.24, 2.45) is 11.8 Å². The van der Waals surface area contributed by atoms with E-state index in [0.717, 1.165) is 0 Å². The van der Waals surface area contributed by atoms with Crippen LogP contribution in [0, 0.1) is 11.8 Å². The molecule has 20 heavy (non-hydrogen) atoms. The molecule has 0 N–H and O–H groups in total. The smallest absolute Gasteiger partial charge is 0.321 e. The largest absolute Gasteiger partial charge is 0.465 e. The quantitative estimate of drug-likeness (QED) is 0.291. The first kappa shape index (κ1) is 18.1. The van der Waals surface area contributed by atoms with Crippen molar-refractivity contribution >= 4 is 17.9 Å². The third-order valence-electron chi connectivity index (χ3n) is 2.49. The summed E-state index contributed by atoms with van der Waals surface area (Å²) in [6.45, 7) is 10.4. The Kier molecular flexibility index (Phi) is 8.27. The zero-order valence-electron chi connectivity index (χ0n) is 12.4. The number of hydrogen-bond donors (Lipinski definition) is 0. The van der Waals surface area contributed by atoms with Crippen molar-refractivity contribution in [3.8, 4) is 0 Å². The van der Waals surface area contributed by atoms with Crippen LogP contribution in [-0.2, 0) is 28.6 Å². The molecule has 0 spiro atoms. The van der Waals surface area contributed by atoms with Crippen molar-refractivity contribution in [3.63, 3.8) is 0 Å². The highest BCUT2D eigenvalue weighted by molar-refractivity contribution is 6.00. The third kappa shape index (κ3) is 5.03. The summed E-state index contributed by atoms with van der Waals surface area (Å²) < 4.78 is 14.6. The van der Waals surface area contributed by atoms with Gasteiger partial charge in [0.15, 0.2) is 5.92 Å². The van der Waals surface area contributed by atoms with Gasteiger partial charge in [-0.2, -0.15) is 0 Å². The number of hydrogen-bond acceptors (Lipinski definition) is 6. The van der Waals surface area contributed by atoms with Gasteiger partial charge in [-0.15, -0.1) is 0 Å². The van der Waals surface area contributed by atoms with Gasteiger partial charge in [0.2, 0.25) is 0 Å². The van der Waals surface area contributed by atoms with Crippen LogP contribution in [0.4, 0.5) is 0 Å². The lowest BCUT2D eigenvalue weighted by Gasteiger charge is -2.22. The lowest BCUT2D eigenvalue weighted by Crippen LogP contribution is -2.39. The minimum absolute atomic E-state index is 0.0977. The standard InChI is InChI=1S/C14H22O6/c1-6-18-12(15)10(9(4)5)11(13(16)19-7-2)14(17)20-8-3/h10-11H,4,6-8H2,1-3,5H3. The van der Waals surface area contributed by atoms with Gasteiger partial charge in [-0.05, 0) is 27.7 Å². The third-order valence-corrected chi connectivity index (χ3v) is 2.49. The molecule has 0 radical (unpaired) electrons. The molecule has 0 aliphatic carbocycles. The first-order valence-corrected chi connectivity index (χ1v) is 6.55. The molecular formula is C14H22O6. The van der Waals surface area contributed by atoms with E-state index in [1.165, 1.54) is 0 Å². The highest BCUT2D eigenvalue weighted by atomic mass is 16.6. The first-order chi connectivity index (χ1) is 9.40. The molecular weight excluding hydrogens is 264 g/mol. The molecule has 0 heterocycles. The van der Waals surface area contributed by atoms with Gasteiger partial charge in [-0.1, -0.05) is 12.2 Å². The average Bonchev–Trinajstić information content (AvgIpc) is 2.35. The van der Waals surface area contributed by atoms with Crippen LogP contribution < -0.4 is 0 Å². The summed E-state index contributed by atoms with van der Waals surface area (Å²) in [4.78, 5) is 35.8. The molecule has 6 heteroatoms. The summed E-state index contributed by atoms with van der Waals surface area (Å²) in [5.74, 6) is -4.80. The SMILES string of the molecule is C=C(C)C(C(=O)OCC)C(C(=O)OCC)C(=O)OCC. The van der Waals surface area contributed by atoms with Crippen LogP contribution in [0.15, 0.2) is 12.2 Å². The van der Waals surface area contributed by atoms with E-state index in [-0.39, 0.29) is 19.8 Å². The van der Waals surface area contributed by atoms with Gasteiger partial charge >= 0.3 is 17.9 Å². The molecule has 0 rings (SSSR count). The molecule has 0 saturated carbocycles. The molecule has 1 unspecified atom stereocenters. The molecule has 0 saturated heterocycles. The van der Waals surface area contributed by atoms with Crippen molar-refractivity contribution in [1.29, 1.82) is 0 Å². The van der Waals surface area contributed by atoms with Crippen LogP contribution in [-0.4, -0.2) is 37.7 Å². The number of rotatable bonds is 8. The van der Waals surface area contributed by atoms with Crippen LogP contribution in [0.1, 0.15) is 27.7 Å². The predicted octanol–water partition coefficient (Wildman–Crippen LogP) is 1.48. The van der Waals surface area contributed by atoms with Gasteiger partial charge < -0.3 is 14.2 Å². The van der Waals surface area contributed by atoms with E-state index in [9.17, 15) is 14.4 Å². The molecule has 0 aliphatic heterocycles. The number of esters is 3. The van der Waals surface area contributed by atoms with Crippen molar-refractivity contribution in [3.05, 3.63) is 12.2 Å². The van der Waals surface area contributed by atoms with Crippen molar-refractivity contribution in [2.75, 3.05) is 19.8 Å². The second-order valence-electron chi connectivity index (χ2n) is 4.06. The zero-order valence-corrected chi connectivity index (χ0v) is 12.4. The summed E-state index contributed by atoms with van der Waals surface area (Å²) in [5.41, 5.74) is 0.342. The summed E-state index contributed by atoms with van der Waals surface area (Å²) >= 11 is 0. The Labute approximate surface area is 119 Å². The minimum atomic E-state index is -1.38. The summed E-state index contributed by atoms with van der Waals surface area (Å²) in [6.07, 6.45) is 0. The molecule has 0 aromatic carbocycles. The maximum atomic E-state index is 11.9. The van der Waals surface area contributed by atoms with Gasteiger partial charge in [0.1, 0.15) is 5.92 Å². The van der Waals surface area contributed by atoms with Crippen LogP contribution in [0.5, 0.6) is 0 Å². The molecule has 114 valence electrons. The van der Waals surface area contributed by atoms with Crippen LogP contribution in [0.25, 0.3) is 0 Å². The molecule has 0 aromatic heterocycles. The normalized spacial score (nSPS) is 11.7. The first-order valence-electron chi connectivity index (χ1n) is 6.55. The fraction of sp³-hybridized carbons (Fsp3) is 0.643. The van der Waals surface area contributed by atoms with Crippen LogP contribution in [0.3, 0.4) is 0 Å². The summed E-state index contributed by atoms with van der Waals surface area (Å²) in [6, 6.07) is 0. The Bertz CT molecular complexity index is 356. The van der Waals surface area contributed by atoms with Gasteiger partial charge in [0.05, 0.1) is 19.8 Å². The molecule has 1 atom stereocenters. The highest BCUT2D eigenvalue weighted by Crippen LogP contribution is 2.24. The zero-order chi connectivity index (χ0) is 15.7. The van der Waals surface area contributed by atoms with Gasteiger partial charge in [0.25, 0.3) is 0 Å². The monoisotopic (exact) mass is 286 g/mol. The van der Waals surface area contributed by atoms with E-state index in [1.54, 1.807) is 27.7 Å². The number of carbonyl (C=O) groups is 3. The van der Waals surface area contributed by atoms with Crippen molar-refractivity contribution < 1.29 is 28.6 Å². The maximum Gasteiger partial charge on any atom is 0.321 e. The minimum Gasteiger partial charge on any atom is -0.465 e. The highest BCUT2D eigenvalue weighted by Gasteiger charge is 2.43. The second kappa shape index (κ2) is 9.12. The van der Waals surface area contributed by atoms with Gasteiger partial charge in [0, 0.05) is 0 Å². The maximum absolute atomic E-state index is 11.9. The van der Waals surface area contributed by atoms with E-state index < -0.39 is 29.7 Å². The van der Waals surface area contributed by atoms with E-state index in [4.69, 9.17) is 14.2 Å². The van der Waals surface area contributed by atoms with E-state index in [0.29, 0.717) is 5.57 Å². The fourth-order valence-corrected chi connectivity index (χ4v) is 1.69. The Balaban J connectivity index is 5.41. The molecule has 0 amide bonds. The second-order valence-corrected chi connectivity index (χ2v) is 4.06. The Morgan fingerprint density at radius 2 is 1.10 bits per heavy atom. The van der Waals surface area contributed by atoms with Crippen molar-refractivity contribution in [2.45, 2.75) is 27.7 Å². The molecule has 0 aromatic rings. The number of ether oxygens (including phenoxy) is 3. The summed E-state index contributed by atoms with van der Waals surface area (Å²) in [5, 5.41) is 0. The van der Waals surface area contributed by atoms with Gasteiger partial charge in [-0.25, -0.2) is 0 Å². The van der Waals surface area contributed by atoms with E-state index >= 15 is 0 Å². The average molecular weight is 286 g/mol. The fourth-order valence-electron chi connectivity index (χ4n) is 1.69. The number of carbonyl (C=O) groups excluding carboxylic acids is 3. The lowest BCUT2D eigenvalue weighted by molar-refractivity contribution is -0.170. The van der Waals surface area contributed by atoms with E-state index in [2.05, 4.69) is 6.58 Å². The van der Waals surface area contributed by atoms with Crippen LogP contribution in [0.2, 0.25) is 0 Å². The molecule has 6 nitrogen and oxygen atoms in total. The Morgan fingerprint density at radius 1 is 0.800 bits per heavy atom. The summed E-state index contributed by atoms with van der Waals surface area (Å²) in [7, 11) is 0. The molecule has 0 bridgehead atoms. The Morgan fingerprint density at radius 3 is 1.35 bits per heavy atom. The Hall–Kier alpha value is -1.85. The van der Waals surface area contributed by atoms with Crippen molar-refractivity contribution in [1.82, 2.24) is 0 Å². The molecule has 0 aliphatic rings. The molecule has 0 fully saturated rings. The van der Waals surface area contributed by atoms with Gasteiger partial charge in [-0.3, -0.25) is 14.4 Å². The van der Waals surface area contributed by atoms with E-state index in [1.807, 2.05) is 0 Å².